The van der Waals surface area contributed by atoms with Gasteiger partial charge < -0.3 is 15.2 Å². The molecule has 0 radical (unpaired) electrons. The van der Waals surface area contributed by atoms with Gasteiger partial charge in [0.15, 0.2) is 11.5 Å². The summed E-state index contributed by atoms with van der Waals surface area (Å²) >= 11 is 5.99. The number of rotatable bonds is 1. The number of halogens is 1. The van der Waals surface area contributed by atoms with Crippen molar-refractivity contribution < 1.29 is 9.47 Å². The van der Waals surface area contributed by atoms with Crippen LogP contribution in [0.4, 0.5) is 0 Å². The fraction of sp³-hybridized carbons (Fsp3) is 0.333. The second-order valence-electron chi connectivity index (χ2n) is 2.98. The van der Waals surface area contributed by atoms with Crippen LogP contribution in [0.15, 0.2) is 12.1 Å². The van der Waals surface area contributed by atoms with Gasteiger partial charge in [-0.1, -0.05) is 11.6 Å². The van der Waals surface area contributed by atoms with Crippen LogP contribution in [0.5, 0.6) is 11.5 Å². The first-order valence-corrected chi connectivity index (χ1v) is 4.41. The standard InChI is InChI=1S/C9H10ClNO2/c1-5(11)8-6(10)2-3-7-9(8)13-4-12-7/h2-3,5H,4,11H2,1H3. The highest BCUT2D eigenvalue weighted by Gasteiger charge is 2.21. The molecule has 0 saturated carbocycles. The molecule has 1 aromatic carbocycles. The molecule has 0 spiro atoms. The van der Waals surface area contributed by atoms with Gasteiger partial charge in [0.25, 0.3) is 0 Å². The van der Waals surface area contributed by atoms with E-state index in [4.69, 9.17) is 26.8 Å². The fourth-order valence-electron chi connectivity index (χ4n) is 1.39. The van der Waals surface area contributed by atoms with Crippen LogP contribution in [0.25, 0.3) is 0 Å². The summed E-state index contributed by atoms with van der Waals surface area (Å²) in [4.78, 5) is 0. The van der Waals surface area contributed by atoms with Gasteiger partial charge in [-0.2, -0.15) is 0 Å². The largest absolute Gasteiger partial charge is 0.454 e. The molecule has 70 valence electrons. The molecule has 1 aliphatic heterocycles. The Balaban J connectivity index is 2.58. The van der Waals surface area contributed by atoms with Gasteiger partial charge in [-0.25, -0.2) is 0 Å². The third-order valence-electron chi connectivity index (χ3n) is 1.98. The molecule has 1 aromatic rings. The maximum atomic E-state index is 5.99. The summed E-state index contributed by atoms with van der Waals surface area (Å²) in [7, 11) is 0. The first-order valence-electron chi connectivity index (χ1n) is 4.03. The lowest BCUT2D eigenvalue weighted by Crippen LogP contribution is -2.07. The Morgan fingerprint density at radius 2 is 2.23 bits per heavy atom. The number of fused-ring (bicyclic) bond motifs is 1. The number of hydrogen-bond acceptors (Lipinski definition) is 3. The van der Waals surface area contributed by atoms with E-state index in [0.29, 0.717) is 10.8 Å². The average molecular weight is 200 g/mol. The van der Waals surface area contributed by atoms with E-state index in [1.807, 2.05) is 6.92 Å². The lowest BCUT2D eigenvalue weighted by molar-refractivity contribution is 0.173. The molecule has 0 saturated heterocycles. The van der Waals surface area contributed by atoms with E-state index in [9.17, 15) is 0 Å². The molecular formula is C9H10ClNO2. The Kier molecular flexibility index (Phi) is 2.06. The molecule has 0 aliphatic carbocycles. The van der Waals surface area contributed by atoms with Gasteiger partial charge in [0.1, 0.15) is 0 Å². The minimum absolute atomic E-state index is 0.149. The highest BCUT2D eigenvalue weighted by Crippen LogP contribution is 2.41. The molecule has 1 atom stereocenters. The number of ether oxygens (including phenoxy) is 2. The molecule has 4 heteroatoms. The van der Waals surface area contributed by atoms with Gasteiger partial charge in [-0.15, -0.1) is 0 Å². The lowest BCUT2D eigenvalue weighted by Gasteiger charge is -2.10. The van der Waals surface area contributed by atoms with Crippen LogP contribution >= 0.6 is 11.6 Å². The van der Waals surface area contributed by atoms with Crippen molar-refractivity contribution in [3.63, 3.8) is 0 Å². The molecule has 0 fully saturated rings. The molecule has 1 aliphatic rings. The summed E-state index contributed by atoms with van der Waals surface area (Å²) in [5.41, 5.74) is 6.58. The normalized spacial score (nSPS) is 15.9. The third kappa shape index (κ3) is 1.34. The zero-order chi connectivity index (χ0) is 9.42. The summed E-state index contributed by atoms with van der Waals surface area (Å²) in [5, 5.41) is 0.624. The summed E-state index contributed by atoms with van der Waals surface area (Å²) in [6.45, 7) is 2.11. The molecule has 13 heavy (non-hydrogen) atoms. The smallest absolute Gasteiger partial charge is 0.231 e. The van der Waals surface area contributed by atoms with Crippen LogP contribution in [-0.4, -0.2) is 6.79 Å². The lowest BCUT2D eigenvalue weighted by atomic mass is 10.1. The van der Waals surface area contributed by atoms with Crippen LogP contribution in [0.3, 0.4) is 0 Å². The molecule has 0 amide bonds. The first-order chi connectivity index (χ1) is 6.20. The van der Waals surface area contributed by atoms with Crippen molar-refractivity contribution in [1.29, 1.82) is 0 Å². The minimum atomic E-state index is -0.149. The van der Waals surface area contributed by atoms with E-state index < -0.39 is 0 Å². The Labute approximate surface area is 81.4 Å². The van der Waals surface area contributed by atoms with Crippen molar-refractivity contribution in [3.8, 4) is 11.5 Å². The second-order valence-corrected chi connectivity index (χ2v) is 3.39. The monoisotopic (exact) mass is 199 g/mol. The predicted octanol–water partition coefficient (Wildman–Crippen LogP) is 2.09. The Morgan fingerprint density at radius 3 is 2.92 bits per heavy atom. The molecule has 2 rings (SSSR count). The Morgan fingerprint density at radius 1 is 1.46 bits per heavy atom. The van der Waals surface area contributed by atoms with Gasteiger partial charge in [0.05, 0.1) is 0 Å². The van der Waals surface area contributed by atoms with Gasteiger partial charge in [0.2, 0.25) is 6.79 Å². The molecule has 2 N–H and O–H groups in total. The maximum absolute atomic E-state index is 5.99. The van der Waals surface area contributed by atoms with Crippen molar-refractivity contribution >= 4 is 11.6 Å². The van der Waals surface area contributed by atoms with E-state index >= 15 is 0 Å². The van der Waals surface area contributed by atoms with Crippen molar-refractivity contribution in [3.05, 3.63) is 22.7 Å². The molecule has 3 nitrogen and oxygen atoms in total. The van der Waals surface area contributed by atoms with E-state index in [1.54, 1.807) is 12.1 Å². The van der Waals surface area contributed by atoms with E-state index in [0.717, 1.165) is 11.3 Å². The van der Waals surface area contributed by atoms with E-state index in [2.05, 4.69) is 0 Å². The van der Waals surface area contributed by atoms with Gasteiger partial charge in [-0.3, -0.25) is 0 Å². The minimum Gasteiger partial charge on any atom is -0.454 e. The maximum Gasteiger partial charge on any atom is 0.231 e. The highest BCUT2D eigenvalue weighted by atomic mass is 35.5. The van der Waals surface area contributed by atoms with Crippen LogP contribution in [0.2, 0.25) is 5.02 Å². The molecule has 0 aromatic heterocycles. The summed E-state index contributed by atoms with van der Waals surface area (Å²) < 4.78 is 10.5. The van der Waals surface area contributed by atoms with Gasteiger partial charge in [0, 0.05) is 16.6 Å². The van der Waals surface area contributed by atoms with Crippen molar-refractivity contribution in [2.75, 3.05) is 6.79 Å². The molecule has 0 bridgehead atoms. The zero-order valence-corrected chi connectivity index (χ0v) is 7.97. The number of nitrogens with two attached hydrogens (primary N) is 1. The Bertz CT molecular complexity index is 339. The highest BCUT2D eigenvalue weighted by molar-refractivity contribution is 6.31. The SMILES string of the molecule is CC(N)c1c(Cl)ccc2c1OCO2. The van der Waals surface area contributed by atoms with Crippen LogP contribution in [0.1, 0.15) is 18.5 Å². The summed E-state index contributed by atoms with van der Waals surface area (Å²) in [5.74, 6) is 1.40. The topological polar surface area (TPSA) is 44.5 Å². The quantitative estimate of drug-likeness (QED) is 0.753. The third-order valence-corrected chi connectivity index (χ3v) is 2.31. The van der Waals surface area contributed by atoms with Crippen molar-refractivity contribution in [2.45, 2.75) is 13.0 Å². The number of benzene rings is 1. The molecule has 1 unspecified atom stereocenters. The fourth-order valence-corrected chi connectivity index (χ4v) is 1.72. The first kappa shape index (κ1) is 8.66. The predicted molar refractivity (Wildman–Crippen MR) is 50.2 cm³/mol. The zero-order valence-electron chi connectivity index (χ0n) is 7.21. The summed E-state index contributed by atoms with van der Waals surface area (Å²) in [6, 6.07) is 3.41. The average Bonchev–Trinajstić information content (AvgIpc) is 2.50. The van der Waals surface area contributed by atoms with Crippen molar-refractivity contribution in [1.82, 2.24) is 0 Å². The summed E-state index contributed by atoms with van der Waals surface area (Å²) in [6.07, 6.45) is 0. The van der Waals surface area contributed by atoms with Crippen LogP contribution < -0.4 is 15.2 Å². The van der Waals surface area contributed by atoms with E-state index in [-0.39, 0.29) is 12.8 Å². The number of hydrogen-bond donors (Lipinski definition) is 1. The Hall–Kier alpha value is -0.930. The second kappa shape index (κ2) is 3.09. The van der Waals surface area contributed by atoms with Crippen LogP contribution in [0, 0.1) is 0 Å². The van der Waals surface area contributed by atoms with Gasteiger partial charge >= 0.3 is 0 Å². The van der Waals surface area contributed by atoms with Gasteiger partial charge in [-0.05, 0) is 19.1 Å². The van der Waals surface area contributed by atoms with Crippen molar-refractivity contribution in [2.24, 2.45) is 5.73 Å². The molecule has 1 heterocycles. The van der Waals surface area contributed by atoms with E-state index in [1.165, 1.54) is 0 Å². The molecular weight excluding hydrogens is 190 g/mol. The van der Waals surface area contributed by atoms with Crippen LogP contribution in [-0.2, 0) is 0 Å².